The highest BCUT2D eigenvalue weighted by atomic mass is 31.2. The van der Waals surface area contributed by atoms with Crippen LogP contribution in [0.15, 0.2) is 72.9 Å². The van der Waals surface area contributed by atoms with Crippen LogP contribution >= 0.6 is 15.6 Å². The van der Waals surface area contributed by atoms with Crippen LogP contribution in [0.4, 0.5) is 0 Å². The van der Waals surface area contributed by atoms with Crippen LogP contribution < -0.4 is 0 Å². The fourth-order valence-corrected chi connectivity index (χ4v) is 7.02. The molecule has 5 atom stereocenters. The molecule has 1 saturated heterocycles. The first-order chi connectivity index (χ1) is 29.8. The quantitative estimate of drug-likeness (QED) is 0.0148. The monoisotopic (exact) mass is 916 g/mol. The van der Waals surface area contributed by atoms with Gasteiger partial charge in [0.2, 0.25) is 0 Å². The molecule has 1 rings (SSSR count). The minimum atomic E-state index is -4.88. The van der Waals surface area contributed by atoms with Gasteiger partial charge in [0.05, 0.1) is 32.0 Å². The molecule has 62 heavy (non-hydrogen) atoms. The Hall–Kier alpha value is -2.48. The Labute approximate surface area is 371 Å². The second kappa shape index (κ2) is 37.9. The predicted octanol–water partition coefficient (Wildman–Crippen LogP) is 10.8. The number of hydrogen-bond acceptors (Lipinski definition) is 11. The minimum Gasteiger partial charge on any atom is -0.462 e. The summed E-state index contributed by atoms with van der Waals surface area (Å²) < 4.78 is 53.5. The van der Waals surface area contributed by atoms with Gasteiger partial charge in [0.25, 0.3) is 0 Å². The highest BCUT2D eigenvalue weighted by Gasteiger charge is 2.36. The van der Waals surface area contributed by atoms with Crippen molar-refractivity contribution in [3.05, 3.63) is 72.9 Å². The molecule has 0 aliphatic carbocycles. The van der Waals surface area contributed by atoms with Crippen LogP contribution in [0.25, 0.3) is 0 Å². The second-order valence-corrected chi connectivity index (χ2v) is 18.0. The number of esters is 2. The summed E-state index contributed by atoms with van der Waals surface area (Å²) in [5, 5.41) is 9.76. The summed E-state index contributed by atoms with van der Waals surface area (Å²) in [6, 6.07) is 0. The molecule has 16 heteroatoms. The molecule has 3 unspecified atom stereocenters. The van der Waals surface area contributed by atoms with E-state index in [0.29, 0.717) is 25.7 Å². The summed E-state index contributed by atoms with van der Waals surface area (Å²) in [4.78, 5) is 52.8. The first-order valence-electron chi connectivity index (χ1n) is 22.8. The third-order valence-electron chi connectivity index (χ3n) is 9.46. The lowest BCUT2D eigenvalue weighted by Gasteiger charge is -2.20. The van der Waals surface area contributed by atoms with Crippen LogP contribution in [0.3, 0.4) is 0 Å². The molecule has 0 aromatic carbocycles. The Kier molecular flexibility index (Phi) is 35.1. The van der Waals surface area contributed by atoms with Gasteiger partial charge in [-0.25, -0.2) is 9.13 Å². The fraction of sp³-hybridized carbons (Fsp3) is 0.696. The van der Waals surface area contributed by atoms with Crippen molar-refractivity contribution in [2.75, 3.05) is 26.4 Å². The Balaban J connectivity index is 2.44. The van der Waals surface area contributed by atoms with Gasteiger partial charge in [0.15, 0.2) is 6.10 Å². The van der Waals surface area contributed by atoms with Crippen molar-refractivity contribution in [3.8, 4) is 0 Å². The van der Waals surface area contributed by atoms with Crippen molar-refractivity contribution in [3.63, 3.8) is 0 Å². The molecule has 1 aliphatic heterocycles. The molecule has 0 spiro atoms. The van der Waals surface area contributed by atoms with E-state index in [0.717, 1.165) is 44.9 Å². The SMILES string of the molecule is CCCCC/C=C\C/C=C\CC1OC1C/C=C\CCCC(=O)OC[C@H](COP(=O)(O)OC[C@@H](O)COP(=O)(O)O)OC(=O)CCC/C=C\C/C=C\C/C=C\CCCCCCCC. The smallest absolute Gasteiger partial charge is 0.462 e. The van der Waals surface area contributed by atoms with Crippen molar-refractivity contribution < 1.29 is 66.3 Å². The molecule has 1 aliphatic rings. The average molecular weight is 917 g/mol. The number of rotatable bonds is 41. The molecule has 1 heterocycles. The molecule has 14 nitrogen and oxygen atoms in total. The molecule has 0 aromatic rings. The number of carbonyl (C=O) groups excluding carboxylic acids is 2. The van der Waals surface area contributed by atoms with Crippen LogP contribution in [-0.2, 0) is 46.5 Å². The number of hydrogen-bond donors (Lipinski definition) is 4. The number of aliphatic hydroxyl groups excluding tert-OH is 1. The van der Waals surface area contributed by atoms with Crippen molar-refractivity contribution in [2.24, 2.45) is 0 Å². The summed E-state index contributed by atoms with van der Waals surface area (Å²) in [6.45, 7) is 1.59. The van der Waals surface area contributed by atoms with Crippen molar-refractivity contribution >= 4 is 27.6 Å². The highest BCUT2D eigenvalue weighted by molar-refractivity contribution is 7.47. The van der Waals surface area contributed by atoms with E-state index in [4.69, 9.17) is 28.5 Å². The van der Waals surface area contributed by atoms with Gasteiger partial charge in [0, 0.05) is 12.8 Å². The van der Waals surface area contributed by atoms with Crippen LogP contribution in [0.2, 0.25) is 0 Å². The fourth-order valence-electron chi connectivity index (χ4n) is 5.87. The Morgan fingerprint density at radius 3 is 1.58 bits per heavy atom. The van der Waals surface area contributed by atoms with E-state index < -0.39 is 66.2 Å². The second-order valence-electron chi connectivity index (χ2n) is 15.4. The molecule has 0 saturated carbocycles. The van der Waals surface area contributed by atoms with E-state index in [1.165, 1.54) is 57.8 Å². The first-order valence-corrected chi connectivity index (χ1v) is 25.8. The van der Waals surface area contributed by atoms with E-state index in [-0.39, 0.29) is 25.0 Å². The maximum atomic E-state index is 12.7. The highest BCUT2D eigenvalue weighted by Crippen LogP contribution is 2.44. The lowest BCUT2D eigenvalue weighted by atomic mass is 10.1. The number of phosphoric ester groups is 2. The number of ether oxygens (including phenoxy) is 3. The lowest BCUT2D eigenvalue weighted by molar-refractivity contribution is -0.161. The number of allylic oxidation sites excluding steroid dienone is 10. The number of epoxide rings is 1. The lowest BCUT2D eigenvalue weighted by Crippen LogP contribution is -2.29. The largest absolute Gasteiger partial charge is 0.472 e. The van der Waals surface area contributed by atoms with E-state index in [1.807, 2.05) is 18.2 Å². The van der Waals surface area contributed by atoms with Crippen LogP contribution in [0.5, 0.6) is 0 Å². The zero-order chi connectivity index (χ0) is 45.6. The Morgan fingerprint density at radius 1 is 0.548 bits per heavy atom. The molecule has 0 radical (unpaired) electrons. The number of unbranched alkanes of at least 4 members (excludes halogenated alkanes) is 11. The van der Waals surface area contributed by atoms with Gasteiger partial charge in [-0.15, -0.1) is 0 Å². The normalized spacial score (nSPS) is 17.9. The van der Waals surface area contributed by atoms with Gasteiger partial charge in [-0.05, 0) is 83.5 Å². The number of phosphoric acid groups is 2. The van der Waals surface area contributed by atoms with Crippen molar-refractivity contribution in [2.45, 2.75) is 180 Å². The molecule has 0 amide bonds. The molecule has 0 bridgehead atoms. The number of carbonyl (C=O) groups is 2. The Morgan fingerprint density at radius 2 is 0.984 bits per heavy atom. The van der Waals surface area contributed by atoms with Gasteiger partial charge in [-0.1, -0.05) is 132 Å². The zero-order valence-corrected chi connectivity index (χ0v) is 39.2. The van der Waals surface area contributed by atoms with Gasteiger partial charge in [-0.2, -0.15) is 0 Å². The summed E-state index contributed by atoms with van der Waals surface area (Å²) in [7, 11) is -9.72. The van der Waals surface area contributed by atoms with Crippen molar-refractivity contribution in [1.29, 1.82) is 0 Å². The van der Waals surface area contributed by atoms with E-state index in [1.54, 1.807) is 0 Å². The molecule has 4 N–H and O–H groups in total. The topological polar surface area (TPSA) is 208 Å². The van der Waals surface area contributed by atoms with Gasteiger partial charge < -0.3 is 34.0 Å². The van der Waals surface area contributed by atoms with Gasteiger partial charge in [-0.3, -0.25) is 23.2 Å². The standard InChI is InChI=1S/C46H78O14P2/c1-3-5-7-9-11-13-14-15-16-17-18-19-20-22-24-26-32-36-46(49)59-42(40-58-62(53,54)57-38-41(47)37-56-61(50,51)52)39-55-45(48)35-31-28-27-30-34-44-43(60-44)33-29-25-23-21-12-10-8-6-4-2/h12,15-16,18-19,21-22,24-25,27,29-30,41-44,47H,3-11,13-14,17,20,23,26,28,31-40H2,1-2H3,(H,53,54)(H2,50,51,52)/b16-15-,19-18-,21-12-,24-22-,29-25-,30-27-/t41-,42+,43?,44?/m0/s1. The predicted molar refractivity (Wildman–Crippen MR) is 243 cm³/mol. The minimum absolute atomic E-state index is 0.0413. The third-order valence-corrected chi connectivity index (χ3v) is 10.9. The van der Waals surface area contributed by atoms with Gasteiger partial charge in [0.1, 0.15) is 12.7 Å². The molecular formula is C46H78O14P2. The van der Waals surface area contributed by atoms with Gasteiger partial charge >= 0.3 is 27.6 Å². The average Bonchev–Trinajstić information content (AvgIpc) is 3.99. The van der Waals surface area contributed by atoms with Crippen LogP contribution in [0, 0.1) is 0 Å². The first kappa shape index (κ1) is 57.5. The maximum absolute atomic E-state index is 12.7. The molecule has 356 valence electrons. The van der Waals surface area contributed by atoms with Crippen molar-refractivity contribution in [1.82, 2.24) is 0 Å². The summed E-state index contributed by atoms with van der Waals surface area (Å²) in [6.07, 6.45) is 43.6. The molecule has 1 fully saturated rings. The van der Waals surface area contributed by atoms with E-state index >= 15 is 0 Å². The molecular weight excluding hydrogens is 838 g/mol. The van der Waals surface area contributed by atoms with E-state index in [2.05, 4.69) is 77.6 Å². The summed E-state index contributed by atoms with van der Waals surface area (Å²) in [5.41, 5.74) is 0. The van der Waals surface area contributed by atoms with Crippen LogP contribution in [0.1, 0.15) is 155 Å². The number of aliphatic hydroxyl groups is 1. The summed E-state index contributed by atoms with van der Waals surface area (Å²) >= 11 is 0. The maximum Gasteiger partial charge on any atom is 0.472 e. The Bertz CT molecular complexity index is 1440. The van der Waals surface area contributed by atoms with E-state index in [9.17, 15) is 28.7 Å². The van der Waals surface area contributed by atoms with Crippen LogP contribution in [-0.4, -0.2) is 82.6 Å². The summed E-state index contributed by atoms with van der Waals surface area (Å²) in [5.74, 6) is -1.17. The molecule has 0 aromatic heterocycles. The zero-order valence-electron chi connectivity index (χ0n) is 37.4. The third kappa shape index (κ3) is 38.0.